The van der Waals surface area contributed by atoms with Crippen molar-refractivity contribution < 1.29 is 9.53 Å². The van der Waals surface area contributed by atoms with Gasteiger partial charge in [0.1, 0.15) is 5.75 Å². The van der Waals surface area contributed by atoms with Crippen molar-refractivity contribution in [2.24, 2.45) is 0 Å². The molecule has 1 atom stereocenters. The largest absolute Gasteiger partial charge is 0.481 e. The predicted molar refractivity (Wildman–Crippen MR) is 103 cm³/mol. The van der Waals surface area contributed by atoms with Crippen LogP contribution in [0.1, 0.15) is 30.9 Å². The molecule has 0 aromatic heterocycles. The molecule has 4 heteroatoms. The minimum atomic E-state index is -0.555. The fourth-order valence-corrected chi connectivity index (χ4v) is 3.02. The third kappa shape index (κ3) is 4.32. The second kappa shape index (κ2) is 7.60. The van der Waals surface area contributed by atoms with Crippen LogP contribution in [0.25, 0.3) is 0 Å². The van der Waals surface area contributed by atoms with Crippen molar-refractivity contribution in [1.29, 1.82) is 0 Å². The zero-order valence-electron chi connectivity index (χ0n) is 15.2. The van der Waals surface area contributed by atoms with Crippen LogP contribution >= 0.6 is 0 Å². The molecule has 4 nitrogen and oxygen atoms in total. The van der Waals surface area contributed by atoms with E-state index in [4.69, 9.17) is 4.74 Å². The molecule has 3 rings (SSSR count). The van der Waals surface area contributed by atoms with E-state index in [1.165, 1.54) is 24.1 Å². The lowest BCUT2D eigenvalue weighted by Gasteiger charge is -2.18. The molecule has 0 radical (unpaired) electrons. The number of hydrogen-bond donors (Lipinski definition) is 1. The number of nitrogens with one attached hydrogen (secondary N) is 1. The van der Waals surface area contributed by atoms with E-state index in [0.717, 1.165) is 30.1 Å². The van der Waals surface area contributed by atoms with Crippen LogP contribution < -0.4 is 15.0 Å². The summed E-state index contributed by atoms with van der Waals surface area (Å²) >= 11 is 0. The van der Waals surface area contributed by atoms with Gasteiger partial charge in [0.2, 0.25) is 0 Å². The van der Waals surface area contributed by atoms with Crippen molar-refractivity contribution in [1.82, 2.24) is 0 Å². The molecule has 1 aliphatic rings. The Labute approximate surface area is 149 Å². The van der Waals surface area contributed by atoms with Gasteiger partial charge in [0, 0.05) is 24.5 Å². The molecule has 132 valence electrons. The third-order valence-corrected chi connectivity index (χ3v) is 4.77. The van der Waals surface area contributed by atoms with Crippen LogP contribution in [0.2, 0.25) is 0 Å². The first-order valence-corrected chi connectivity index (χ1v) is 8.93. The molecular formula is C21H26N2O2. The van der Waals surface area contributed by atoms with Gasteiger partial charge in [-0.05, 0) is 81.1 Å². The smallest absolute Gasteiger partial charge is 0.265 e. The molecule has 25 heavy (non-hydrogen) atoms. The summed E-state index contributed by atoms with van der Waals surface area (Å²) in [6, 6.07) is 13.9. The van der Waals surface area contributed by atoms with E-state index < -0.39 is 6.10 Å². The Morgan fingerprint density at radius 2 is 1.72 bits per heavy atom. The summed E-state index contributed by atoms with van der Waals surface area (Å²) in [4.78, 5) is 14.7. The van der Waals surface area contributed by atoms with Gasteiger partial charge in [0.15, 0.2) is 6.10 Å². The topological polar surface area (TPSA) is 41.6 Å². The van der Waals surface area contributed by atoms with E-state index >= 15 is 0 Å². The van der Waals surface area contributed by atoms with E-state index in [1.54, 1.807) is 6.92 Å². The standard InChI is InChI=1S/C21H26N2O2/c1-15-6-11-20(14-16(15)2)25-17(3)21(24)22-18-7-9-19(10-8-18)23-12-4-5-13-23/h6-11,14,17H,4-5,12-13H2,1-3H3,(H,22,24)/t17-/m0/s1. The lowest BCUT2D eigenvalue weighted by molar-refractivity contribution is -0.122. The molecule has 2 aromatic rings. The summed E-state index contributed by atoms with van der Waals surface area (Å²) in [5.74, 6) is 0.572. The van der Waals surface area contributed by atoms with Crippen molar-refractivity contribution in [3.05, 3.63) is 53.6 Å². The predicted octanol–water partition coefficient (Wildman–Crippen LogP) is 4.31. The quantitative estimate of drug-likeness (QED) is 0.883. The van der Waals surface area contributed by atoms with Gasteiger partial charge < -0.3 is 15.0 Å². The van der Waals surface area contributed by atoms with Gasteiger partial charge in [-0.15, -0.1) is 0 Å². The third-order valence-electron chi connectivity index (χ3n) is 4.77. The maximum Gasteiger partial charge on any atom is 0.265 e. The van der Waals surface area contributed by atoms with Gasteiger partial charge in [-0.3, -0.25) is 4.79 Å². The van der Waals surface area contributed by atoms with Gasteiger partial charge in [0.25, 0.3) is 5.91 Å². The van der Waals surface area contributed by atoms with Gasteiger partial charge in [-0.25, -0.2) is 0 Å². The Kier molecular flexibility index (Phi) is 5.27. The average molecular weight is 338 g/mol. The summed E-state index contributed by atoms with van der Waals surface area (Å²) in [6.07, 6.45) is 1.96. The SMILES string of the molecule is Cc1ccc(O[C@@H](C)C(=O)Nc2ccc(N3CCCC3)cc2)cc1C. The van der Waals surface area contributed by atoms with Crippen molar-refractivity contribution in [3.8, 4) is 5.75 Å². The Hall–Kier alpha value is -2.49. The van der Waals surface area contributed by atoms with Crippen LogP contribution in [0.5, 0.6) is 5.75 Å². The monoisotopic (exact) mass is 338 g/mol. The second-order valence-electron chi connectivity index (χ2n) is 6.74. The molecule has 0 bridgehead atoms. The fourth-order valence-electron chi connectivity index (χ4n) is 3.02. The van der Waals surface area contributed by atoms with Crippen LogP contribution in [0.15, 0.2) is 42.5 Å². The van der Waals surface area contributed by atoms with Crippen LogP contribution in [-0.2, 0) is 4.79 Å². The summed E-state index contributed by atoms with van der Waals surface area (Å²) in [7, 11) is 0. The zero-order chi connectivity index (χ0) is 17.8. The number of hydrogen-bond acceptors (Lipinski definition) is 3. The van der Waals surface area contributed by atoms with E-state index in [-0.39, 0.29) is 5.91 Å². The molecule has 1 N–H and O–H groups in total. The Bertz CT molecular complexity index is 734. The molecule has 1 amide bonds. The zero-order valence-corrected chi connectivity index (χ0v) is 15.2. The number of carbonyl (C=O) groups excluding carboxylic acids is 1. The molecule has 2 aromatic carbocycles. The van der Waals surface area contributed by atoms with Crippen LogP contribution in [0.3, 0.4) is 0 Å². The number of aryl methyl sites for hydroxylation is 2. The summed E-state index contributed by atoms with van der Waals surface area (Å²) in [5.41, 5.74) is 4.38. The first kappa shape index (κ1) is 17.3. The van der Waals surface area contributed by atoms with Crippen molar-refractivity contribution in [3.63, 3.8) is 0 Å². The molecular weight excluding hydrogens is 312 g/mol. The molecule has 1 aliphatic heterocycles. The molecule has 1 saturated heterocycles. The Balaban J connectivity index is 1.58. The number of rotatable bonds is 5. The average Bonchev–Trinajstić information content (AvgIpc) is 3.13. The molecule has 0 saturated carbocycles. The maximum atomic E-state index is 12.4. The Morgan fingerprint density at radius 1 is 1.04 bits per heavy atom. The Morgan fingerprint density at radius 3 is 2.36 bits per heavy atom. The molecule has 0 spiro atoms. The molecule has 1 fully saturated rings. The first-order chi connectivity index (χ1) is 12.0. The maximum absolute atomic E-state index is 12.4. The van der Waals surface area contributed by atoms with E-state index in [1.807, 2.05) is 37.3 Å². The van der Waals surface area contributed by atoms with Crippen LogP contribution in [-0.4, -0.2) is 25.1 Å². The lowest BCUT2D eigenvalue weighted by atomic mass is 10.1. The van der Waals surface area contributed by atoms with E-state index in [9.17, 15) is 4.79 Å². The van der Waals surface area contributed by atoms with Crippen LogP contribution in [0.4, 0.5) is 11.4 Å². The highest BCUT2D eigenvalue weighted by molar-refractivity contribution is 5.94. The van der Waals surface area contributed by atoms with Crippen LogP contribution in [0, 0.1) is 13.8 Å². The number of nitrogens with zero attached hydrogens (tertiary/aromatic N) is 1. The molecule has 0 unspecified atom stereocenters. The number of amides is 1. The summed E-state index contributed by atoms with van der Waals surface area (Å²) < 4.78 is 5.77. The fraction of sp³-hybridized carbons (Fsp3) is 0.381. The minimum Gasteiger partial charge on any atom is -0.481 e. The summed E-state index contributed by atoms with van der Waals surface area (Å²) in [5, 5.41) is 2.92. The van der Waals surface area contributed by atoms with E-state index in [0.29, 0.717) is 0 Å². The highest BCUT2D eigenvalue weighted by Crippen LogP contribution is 2.22. The van der Waals surface area contributed by atoms with Crippen molar-refractivity contribution in [2.75, 3.05) is 23.3 Å². The molecule has 0 aliphatic carbocycles. The highest BCUT2D eigenvalue weighted by atomic mass is 16.5. The van der Waals surface area contributed by atoms with Gasteiger partial charge in [-0.1, -0.05) is 6.07 Å². The summed E-state index contributed by atoms with van der Waals surface area (Å²) in [6.45, 7) is 8.10. The van der Waals surface area contributed by atoms with E-state index in [2.05, 4.69) is 29.3 Å². The highest BCUT2D eigenvalue weighted by Gasteiger charge is 2.16. The van der Waals surface area contributed by atoms with Gasteiger partial charge >= 0.3 is 0 Å². The van der Waals surface area contributed by atoms with Crippen molar-refractivity contribution >= 4 is 17.3 Å². The molecule has 1 heterocycles. The number of carbonyl (C=O) groups is 1. The first-order valence-electron chi connectivity index (χ1n) is 8.93. The minimum absolute atomic E-state index is 0.146. The normalized spacial score (nSPS) is 15.1. The van der Waals surface area contributed by atoms with Crippen molar-refractivity contribution in [2.45, 2.75) is 39.7 Å². The number of anilines is 2. The van der Waals surface area contributed by atoms with Gasteiger partial charge in [-0.2, -0.15) is 0 Å². The number of ether oxygens (including phenoxy) is 1. The van der Waals surface area contributed by atoms with Gasteiger partial charge in [0.05, 0.1) is 0 Å². The lowest BCUT2D eigenvalue weighted by Crippen LogP contribution is -2.30. The number of benzene rings is 2. The second-order valence-corrected chi connectivity index (χ2v) is 6.74.